The van der Waals surface area contributed by atoms with Crippen LogP contribution in [0.3, 0.4) is 0 Å². The first kappa shape index (κ1) is 31.3. The van der Waals surface area contributed by atoms with E-state index in [0.717, 1.165) is 51.7 Å². The Bertz CT molecular complexity index is 1970. The zero-order valence-electron chi connectivity index (χ0n) is 27.7. The van der Waals surface area contributed by atoms with E-state index in [0.29, 0.717) is 77.7 Å². The highest BCUT2D eigenvalue weighted by Crippen LogP contribution is 2.65. The fourth-order valence-corrected chi connectivity index (χ4v) is 9.07. The van der Waals surface area contributed by atoms with E-state index in [2.05, 4.69) is 20.1 Å². The summed E-state index contributed by atoms with van der Waals surface area (Å²) in [4.78, 5) is 13.9. The molecule has 4 aromatic rings. The van der Waals surface area contributed by atoms with Crippen LogP contribution in [0.1, 0.15) is 57.4 Å². The largest absolute Gasteiger partial charge is 0.508 e. The Kier molecular flexibility index (Phi) is 7.12. The molecule has 2 saturated carbocycles. The van der Waals surface area contributed by atoms with Crippen LogP contribution in [0, 0.1) is 22.5 Å². The molecule has 4 heterocycles. The molecular weight excluding hydrogens is 634 g/mol. The first-order valence-electron chi connectivity index (χ1n) is 17.7. The van der Waals surface area contributed by atoms with Gasteiger partial charge in [0.15, 0.2) is 5.82 Å². The summed E-state index contributed by atoms with van der Waals surface area (Å²) in [5.41, 5.74) is 0.131. The minimum atomic E-state index is -2.56. The molecule has 3 aliphatic heterocycles. The van der Waals surface area contributed by atoms with E-state index in [4.69, 9.17) is 9.72 Å². The van der Waals surface area contributed by atoms with Gasteiger partial charge < -0.3 is 25.0 Å². The Morgan fingerprint density at radius 1 is 1.00 bits per heavy atom. The minimum absolute atomic E-state index is 0.0118. The summed E-state index contributed by atoms with van der Waals surface area (Å²) in [5.74, 6) is -2.95. The number of hydrogen-bond donors (Lipinski definition) is 2. The number of fused-ring (bicyclic) bond motifs is 4. The summed E-state index contributed by atoms with van der Waals surface area (Å²) in [6.45, 7) is 5.55. The molecule has 3 atom stereocenters. The number of phenolic OH excluding ortho intramolecular Hbond substituents is 1. The van der Waals surface area contributed by atoms with Crippen molar-refractivity contribution in [2.45, 2.75) is 76.3 Å². The minimum Gasteiger partial charge on any atom is -0.508 e. The van der Waals surface area contributed by atoms with Crippen LogP contribution in [0.4, 0.5) is 23.4 Å². The second-order valence-corrected chi connectivity index (χ2v) is 15.4. The van der Waals surface area contributed by atoms with Gasteiger partial charge in [0.1, 0.15) is 22.9 Å². The van der Waals surface area contributed by atoms with Crippen molar-refractivity contribution in [1.29, 1.82) is 0 Å². The van der Waals surface area contributed by atoms with Gasteiger partial charge in [0.2, 0.25) is 0 Å². The van der Waals surface area contributed by atoms with Crippen molar-refractivity contribution < 1.29 is 27.4 Å². The maximum atomic E-state index is 17.0. The summed E-state index contributed by atoms with van der Waals surface area (Å²) in [5, 5.41) is 16.0. The third-order valence-corrected chi connectivity index (χ3v) is 12.0. The molecule has 11 heteroatoms. The van der Waals surface area contributed by atoms with E-state index >= 15 is 8.78 Å². The highest BCUT2D eigenvalue weighted by Gasteiger charge is 2.71. The monoisotopic (exact) mass is 675 g/mol. The van der Waals surface area contributed by atoms with Gasteiger partial charge in [-0.05, 0) is 97.7 Å². The first-order valence-corrected chi connectivity index (χ1v) is 17.7. The number of likely N-dealkylation sites (tertiary alicyclic amines) is 1. The van der Waals surface area contributed by atoms with Crippen molar-refractivity contribution in [3.63, 3.8) is 0 Å². The van der Waals surface area contributed by atoms with Gasteiger partial charge in [-0.15, -0.1) is 0 Å². The number of hydrogen-bond acceptors (Lipinski definition) is 7. The maximum absolute atomic E-state index is 17.0. The van der Waals surface area contributed by atoms with Crippen LogP contribution in [0.15, 0.2) is 36.4 Å². The summed E-state index contributed by atoms with van der Waals surface area (Å²) >= 11 is 0. The van der Waals surface area contributed by atoms with Crippen molar-refractivity contribution in [2.24, 2.45) is 10.8 Å². The van der Waals surface area contributed by atoms with E-state index in [9.17, 15) is 13.9 Å². The van der Waals surface area contributed by atoms with Crippen LogP contribution >= 0.6 is 0 Å². The predicted molar refractivity (Wildman–Crippen MR) is 180 cm³/mol. The number of piperazine rings is 1. The van der Waals surface area contributed by atoms with Crippen molar-refractivity contribution >= 4 is 27.5 Å². The molecule has 258 valence electrons. The zero-order valence-corrected chi connectivity index (χ0v) is 27.7. The normalized spacial score (nSPS) is 26.9. The fourth-order valence-electron chi connectivity index (χ4n) is 9.07. The number of aromatic hydroxyl groups is 1. The van der Waals surface area contributed by atoms with Crippen LogP contribution in [0.2, 0.25) is 0 Å². The SMILES string of the molecule is CCc1c(F)ccc2cc(O)cc(-c3ccc4c(N5CC6CCC(C5)N6)nc(OCC5(CN6CCCC7(C6)CC7(F)F)CC5)nc4c3F)c12. The molecule has 3 saturated heterocycles. The Hall–Kier alpha value is -3.70. The molecule has 5 aliphatic rings. The smallest absolute Gasteiger partial charge is 0.319 e. The number of benzene rings is 3. The molecule has 49 heavy (non-hydrogen) atoms. The number of piperidine rings is 1. The molecule has 7 nitrogen and oxygen atoms in total. The van der Waals surface area contributed by atoms with Crippen LogP contribution in [-0.2, 0) is 6.42 Å². The first-order chi connectivity index (χ1) is 23.6. The van der Waals surface area contributed by atoms with Crippen LogP contribution in [0.25, 0.3) is 32.8 Å². The highest BCUT2D eigenvalue weighted by molar-refractivity contribution is 6.03. The average Bonchev–Trinajstić information content (AvgIpc) is 3.91. The molecule has 2 aliphatic carbocycles. The van der Waals surface area contributed by atoms with Crippen molar-refractivity contribution in [1.82, 2.24) is 20.2 Å². The molecule has 5 fully saturated rings. The van der Waals surface area contributed by atoms with Gasteiger partial charge in [0.25, 0.3) is 5.92 Å². The Morgan fingerprint density at radius 3 is 2.49 bits per heavy atom. The average molecular weight is 676 g/mol. The molecule has 2 N–H and O–H groups in total. The topological polar surface area (TPSA) is 73.8 Å². The van der Waals surface area contributed by atoms with E-state index < -0.39 is 17.2 Å². The lowest BCUT2D eigenvalue weighted by Crippen LogP contribution is -2.51. The summed E-state index contributed by atoms with van der Waals surface area (Å²) < 4.78 is 66.8. The number of phenols is 1. The Labute approximate surface area is 282 Å². The highest BCUT2D eigenvalue weighted by atomic mass is 19.3. The van der Waals surface area contributed by atoms with Gasteiger partial charge in [-0.1, -0.05) is 19.1 Å². The molecule has 0 amide bonds. The standard InChI is InChI=1S/C38H41F4N5O2/c1-2-26-30(39)9-4-22-14-25(48)15-29(31(22)26)27-7-8-28-33(32(27)40)44-35(45-34(28)47-16-23-5-6-24(17-47)43-23)49-21-36(11-12-36)19-46-13-3-10-37(20-46)18-38(37,41)42/h4,7-9,14-15,23-24,43,48H,2-3,5-6,10-13,16-21H2,1H3. The number of rotatable bonds is 8. The third-order valence-electron chi connectivity index (χ3n) is 12.0. The van der Waals surface area contributed by atoms with Gasteiger partial charge in [-0.25, -0.2) is 17.6 Å². The number of nitrogens with zero attached hydrogens (tertiary/aromatic N) is 4. The van der Waals surface area contributed by atoms with E-state index in [1.807, 2.05) is 13.0 Å². The van der Waals surface area contributed by atoms with Gasteiger partial charge in [-0.2, -0.15) is 9.97 Å². The summed E-state index contributed by atoms with van der Waals surface area (Å²) in [6.07, 6.45) is 5.73. The van der Waals surface area contributed by atoms with Gasteiger partial charge in [0, 0.05) is 61.0 Å². The molecule has 1 aromatic heterocycles. The second-order valence-electron chi connectivity index (χ2n) is 15.4. The molecule has 0 radical (unpaired) electrons. The molecule has 3 unspecified atom stereocenters. The Morgan fingerprint density at radius 2 is 1.78 bits per heavy atom. The zero-order chi connectivity index (χ0) is 33.7. The molecule has 3 aromatic carbocycles. The van der Waals surface area contributed by atoms with E-state index in [1.54, 1.807) is 18.2 Å². The molecule has 2 bridgehead atoms. The number of halogens is 4. The number of nitrogens with one attached hydrogen (secondary N) is 1. The lowest BCUT2D eigenvalue weighted by atomic mass is 9.92. The van der Waals surface area contributed by atoms with Gasteiger partial charge >= 0.3 is 6.01 Å². The predicted octanol–water partition coefficient (Wildman–Crippen LogP) is 7.22. The quantitative estimate of drug-likeness (QED) is 0.191. The van der Waals surface area contributed by atoms with Gasteiger partial charge in [0.05, 0.1) is 12.0 Å². The molecular formula is C38H41F4N5O2. The summed E-state index contributed by atoms with van der Waals surface area (Å²) in [6, 6.07) is 10.2. The van der Waals surface area contributed by atoms with Crippen LogP contribution in [0.5, 0.6) is 11.8 Å². The van der Waals surface area contributed by atoms with E-state index in [-0.39, 0.29) is 40.5 Å². The molecule has 1 spiro atoms. The fraction of sp³-hybridized carbons (Fsp3) is 0.526. The number of aromatic nitrogens is 2. The number of anilines is 1. The van der Waals surface area contributed by atoms with Gasteiger partial charge in [-0.3, -0.25) is 0 Å². The number of aryl methyl sites for hydroxylation is 1. The number of alkyl halides is 2. The lowest BCUT2D eigenvalue weighted by molar-refractivity contribution is 0.0167. The number of ether oxygens (including phenoxy) is 1. The maximum Gasteiger partial charge on any atom is 0.319 e. The van der Waals surface area contributed by atoms with Crippen molar-refractivity contribution in [3.8, 4) is 22.9 Å². The Balaban J connectivity index is 1.08. The van der Waals surface area contributed by atoms with Crippen molar-refractivity contribution in [2.75, 3.05) is 44.2 Å². The van der Waals surface area contributed by atoms with Crippen LogP contribution in [-0.4, -0.2) is 77.3 Å². The van der Waals surface area contributed by atoms with E-state index in [1.165, 1.54) is 12.1 Å². The van der Waals surface area contributed by atoms with Crippen LogP contribution < -0.4 is 15.0 Å². The lowest BCUT2D eigenvalue weighted by Gasteiger charge is -2.35. The summed E-state index contributed by atoms with van der Waals surface area (Å²) in [7, 11) is 0. The van der Waals surface area contributed by atoms with Crippen molar-refractivity contribution in [3.05, 3.63) is 53.6 Å². The third kappa shape index (κ3) is 5.30. The second kappa shape index (κ2) is 11.2. The molecule has 9 rings (SSSR count).